The van der Waals surface area contributed by atoms with Gasteiger partial charge in [-0.3, -0.25) is 11.3 Å². The summed E-state index contributed by atoms with van der Waals surface area (Å²) in [6.45, 7) is 3.63. The highest BCUT2D eigenvalue weighted by molar-refractivity contribution is 7.07. The van der Waals surface area contributed by atoms with Crippen LogP contribution in [0.2, 0.25) is 0 Å². The Morgan fingerprint density at radius 2 is 2.47 bits per heavy atom. The van der Waals surface area contributed by atoms with Crippen LogP contribution in [-0.2, 0) is 11.2 Å². The Bertz CT molecular complexity index is 239. The quantitative estimate of drug-likeness (QED) is 0.406. The predicted molar refractivity (Wildman–Crippen MR) is 64.9 cm³/mol. The van der Waals surface area contributed by atoms with E-state index in [1.807, 2.05) is 0 Å². The molecule has 1 heterocycles. The summed E-state index contributed by atoms with van der Waals surface area (Å²) in [6.07, 6.45) is 3.15. The number of ether oxygens (including phenoxy) is 1. The summed E-state index contributed by atoms with van der Waals surface area (Å²) in [5, 5.41) is 4.29. The maximum absolute atomic E-state index is 5.47. The Balaban J connectivity index is 2.16. The number of hydrogen-bond donors (Lipinski definition) is 2. The zero-order chi connectivity index (χ0) is 10.9. The Morgan fingerprint density at radius 1 is 1.60 bits per heavy atom. The molecule has 0 bridgehead atoms. The first-order valence-electron chi connectivity index (χ1n) is 5.41. The number of nitrogens with one attached hydrogen (secondary N) is 1. The molecule has 4 heteroatoms. The fourth-order valence-corrected chi connectivity index (χ4v) is 2.06. The topological polar surface area (TPSA) is 47.3 Å². The Hall–Kier alpha value is -0.420. The molecule has 0 aliphatic rings. The van der Waals surface area contributed by atoms with Gasteiger partial charge < -0.3 is 4.74 Å². The fraction of sp³-hybridized carbons (Fsp3) is 0.636. The highest BCUT2D eigenvalue weighted by Crippen LogP contribution is 2.09. The average Bonchev–Trinajstić information content (AvgIpc) is 2.76. The molecule has 1 atom stereocenters. The lowest BCUT2D eigenvalue weighted by atomic mass is 10.1. The second kappa shape index (κ2) is 7.82. The average molecular weight is 228 g/mol. The maximum Gasteiger partial charge on any atom is 0.0633 e. The van der Waals surface area contributed by atoms with Gasteiger partial charge in [-0.25, -0.2) is 0 Å². The minimum atomic E-state index is 0.261. The van der Waals surface area contributed by atoms with Crippen LogP contribution in [0.15, 0.2) is 16.8 Å². The van der Waals surface area contributed by atoms with Gasteiger partial charge in [-0.15, -0.1) is 0 Å². The highest BCUT2D eigenvalue weighted by atomic mass is 32.1. The van der Waals surface area contributed by atoms with E-state index in [1.54, 1.807) is 11.3 Å². The molecule has 0 saturated heterocycles. The molecule has 0 spiro atoms. The zero-order valence-electron chi connectivity index (χ0n) is 9.24. The molecule has 0 fully saturated rings. The molecule has 3 nitrogen and oxygen atoms in total. The van der Waals surface area contributed by atoms with Crippen molar-refractivity contribution in [2.45, 2.75) is 32.2 Å². The molecular formula is C11H20N2OS. The first-order chi connectivity index (χ1) is 7.36. The van der Waals surface area contributed by atoms with Crippen LogP contribution in [-0.4, -0.2) is 19.3 Å². The largest absolute Gasteiger partial charge is 0.380 e. The number of aryl methyl sites for hydroxylation is 1. The number of rotatable bonds is 8. The van der Waals surface area contributed by atoms with E-state index in [4.69, 9.17) is 10.6 Å². The number of hydrazine groups is 1. The minimum Gasteiger partial charge on any atom is -0.380 e. The lowest BCUT2D eigenvalue weighted by Gasteiger charge is -2.15. The van der Waals surface area contributed by atoms with Crippen LogP contribution in [0.3, 0.4) is 0 Å². The summed E-state index contributed by atoms with van der Waals surface area (Å²) < 4.78 is 5.47. The number of thiophene rings is 1. The monoisotopic (exact) mass is 228 g/mol. The second-order valence-electron chi connectivity index (χ2n) is 3.61. The smallest absolute Gasteiger partial charge is 0.0633 e. The van der Waals surface area contributed by atoms with Gasteiger partial charge in [0.25, 0.3) is 0 Å². The molecule has 0 saturated carbocycles. The molecule has 0 aliphatic heterocycles. The fourth-order valence-electron chi connectivity index (χ4n) is 1.36. The second-order valence-corrected chi connectivity index (χ2v) is 4.39. The Labute approximate surface area is 95.6 Å². The zero-order valence-corrected chi connectivity index (χ0v) is 10.1. The van der Waals surface area contributed by atoms with E-state index >= 15 is 0 Å². The van der Waals surface area contributed by atoms with Crippen LogP contribution in [0.5, 0.6) is 0 Å². The normalized spacial score (nSPS) is 12.9. The first kappa shape index (κ1) is 12.6. The molecule has 1 rings (SSSR count). The summed E-state index contributed by atoms with van der Waals surface area (Å²) in [7, 11) is 0. The van der Waals surface area contributed by atoms with Crippen molar-refractivity contribution in [1.82, 2.24) is 5.43 Å². The molecule has 1 aromatic heterocycles. The van der Waals surface area contributed by atoms with Crippen LogP contribution >= 0.6 is 11.3 Å². The van der Waals surface area contributed by atoms with Crippen molar-refractivity contribution < 1.29 is 4.74 Å². The predicted octanol–water partition coefficient (Wildman–Crippen LogP) is 1.94. The van der Waals surface area contributed by atoms with E-state index in [0.717, 1.165) is 25.9 Å². The summed E-state index contributed by atoms with van der Waals surface area (Å²) >= 11 is 1.74. The van der Waals surface area contributed by atoms with Crippen LogP contribution < -0.4 is 11.3 Å². The van der Waals surface area contributed by atoms with E-state index in [0.29, 0.717) is 6.61 Å². The lowest BCUT2D eigenvalue weighted by Crippen LogP contribution is -2.39. The van der Waals surface area contributed by atoms with Crippen molar-refractivity contribution in [2.75, 3.05) is 13.2 Å². The molecule has 0 aromatic carbocycles. The molecule has 1 aromatic rings. The van der Waals surface area contributed by atoms with Gasteiger partial charge in [-0.1, -0.05) is 6.92 Å². The molecule has 15 heavy (non-hydrogen) atoms. The van der Waals surface area contributed by atoms with Gasteiger partial charge in [0, 0.05) is 12.6 Å². The maximum atomic E-state index is 5.47. The van der Waals surface area contributed by atoms with Gasteiger partial charge in [-0.05, 0) is 41.7 Å². The van der Waals surface area contributed by atoms with Crippen LogP contribution in [0.1, 0.15) is 25.3 Å². The van der Waals surface area contributed by atoms with Gasteiger partial charge in [0.2, 0.25) is 0 Å². The molecule has 1 unspecified atom stereocenters. The van der Waals surface area contributed by atoms with Gasteiger partial charge in [0.15, 0.2) is 0 Å². The van der Waals surface area contributed by atoms with Crippen molar-refractivity contribution in [3.63, 3.8) is 0 Å². The van der Waals surface area contributed by atoms with Gasteiger partial charge >= 0.3 is 0 Å². The molecule has 86 valence electrons. The Kier molecular flexibility index (Phi) is 6.59. The standard InChI is InChI=1S/C11H20N2OS/c1-2-6-14-8-11(13-12)4-3-10-5-7-15-9-10/h5,7,9,11,13H,2-4,6,8,12H2,1H3. The summed E-state index contributed by atoms with van der Waals surface area (Å²) in [5.41, 5.74) is 4.19. The van der Waals surface area contributed by atoms with Crippen LogP contribution in [0.25, 0.3) is 0 Å². The first-order valence-corrected chi connectivity index (χ1v) is 6.36. The van der Waals surface area contributed by atoms with Crippen molar-refractivity contribution >= 4 is 11.3 Å². The Morgan fingerprint density at radius 3 is 3.07 bits per heavy atom. The number of nitrogens with two attached hydrogens (primary N) is 1. The number of hydrogen-bond acceptors (Lipinski definition) is 4. The van der Waals surface area contributed by atoms with Crippen molar-refractivity contribution in [3.8, 4) is 0 Å². The molecule has 0 aliphatic carbocycles. The van der Waals surface area contributed by atoms with Crippen molar-refractivity contribution in [3.05, 3.63) is 22.4 Å². The van der Waals surface area contributed by atoms with Crippen molar-refractivity contribution in [1.29, 1.82) is 0 Å². The molecule has 0 amide bonds. The van der Waals surface area contributed by atoms with E-state index in [1.165, 1.54) is 5.56 Å². The summed E-state index contributed by atoms with van der Waals surface area (Å²) in [6, 6.07) is 2.42. The summed E-state index contributed by atoms with van der Waals surface area (Å²) in [4.78, 5) is 0. The van der Waals surface area contributed by atoms with Gasteiger partial charge in [-0.2, -0.15) is 11.3 Å². The van der Waals surface area contributed by atoms with Crippen LogP contribution in [0, 0.1) is 0 Å². The lowest BCUT2D eigenvalue weighted by molar-refractivity contribution is 0.109. The SMILES string of the molecule is CCCOCC(CCc1ccsc1)NN. The molecular weight excluding hydrogens is 208 g/mol. The van der Waals surface area contributed by atoms with E-state index in [2.05, 4.69) is 29.2 Å². The third-order valence-corrected chi connectivity index (χ3v) is 3.00. The third-order valence-electron chi connectivity index (χ3n) is 2.26. The highest BCUT2D eigenvalue weighted by Gasteiger charge is 2.06. The van der Waals surface area contributed by atoms with Gasteiger partial charge in [0.05, 0.1) is 6.61 Å². The molecule has 0 radical (unpaired) electrons. The summed E-state index contributed by atoms with van der Waals surface area (Å²) in [5.74, 6) is 5.47. The van der Waals surface area contributed by atoms with Crippen LogP contribution in [0.4, 0.5) is 0 Å². The van der Waals surface area contributed by atoms with E-state index in [-0.39, 0.29) is 6.04 Å². The van der Waals surface area contributed by atoms with Gasteiger partial charge in [0.1, 0.15) is 0 Å². The van der Waals surface area contributed by atoms with E-state index in [9.17, 15) is 0 Å². The third kappa shape index (κ3) is 5.28. The van der Waals surface area contributed by atoms with E-state index < -0.39 is 0 Å². The minimum absolute atomic E-state index is 0.261. The molecule has 3 N–H and O–H groups in total. The van der Waals surface area contributed by atoms with Crippen molar-refractivity contribution in [2.24, 2.45) is 5.84 Å².